The van der Waals surface area contributed by atoms with Crippen molar-refractivity contribution in [2.75, 3.05) is 13.2 Å². The van der Waals surface area contributed by atoms with E-state index >= 15 is 0 Å². The number of aromatic nitrogens is 5. The lowest BCUT2D eigenvalue weighted by Gasteiger charge is -2.18. The molecule has 3 heterocycles. The standard InChI is InChI=1S/C16H15N5O6/c22-14(19-5-1-2-6-19)25-9-13(27-16(24)21-8-4-18-12-21)10-26-15(23)20-7-3-17-11-20/h1-8,11-13H,9-10H2. The van der Waals surface area contributed by atoms with Crippen LogP contribution < -0.4 is 0 Å². The van der Waals surface area contributed by atoms with Crippen LogP contribution in [0.3, 0.4) is 0 Å². The molecule has 11 heteroatoms. The van der Waals surface area contributed by atoms with Gasteiger partial charge < -0.3 is 14.2 Å². The first-order chi connectivity index (χ1) is 13.1. The molecule has 0 N–H and O–H groups in total. The minimum atomic E-state index is -1.02. The summed E-state index contributed by atoms with van der Waals surface area (Å²) < 4.78 is 18.8. The van der Waals surface area contributed by atoms with Crippen molar-refractivity contribution in [3.8, 4) is 0 Å². The van der Waals surface area contributed by atoms with Crippen LogP contribution in [-0.4, -0.2) is 61.3 Å². The highest BCUT2D eigenvalue weighted by atomic mass is 16.6. The van der Waals surface area contributed by atoms with Gasteiger partial charge in [0.05, 0.1) is 0 Å². The first kappa shape index (κ1) is 17.9. The van der Waals surface area contributed by atoms with Crippen LogP contribution in [-0.2, 0) is 14.2 Å². The Kier molecular flexibility index (Phi) is 5.62. The van der Waals surface area contributed by atoms with Crippen LogP contribution in [0.1, 0.15) is 0 Å². The van der Waals surface area contributed by atoms with E-state index in [2.05, 4.69) is 9.97 Å². The van der Waals surface area contributed by atoms with Gasteiger partial charge in [-0.05, 0) is 12.1 Å². The lowest BCUT2D eigenvalue weighted by molar-refractivity contribution is 0.00821. The second kappa shape index (κ2) is 8.47. The highest BCUT2D eigenvalue weighted by Crippen LogP contribution is 2.03. The summed E-state index contributed by atoms with van der Waals surface area (Å²) in [5.41, 5.74) is 0. The van der Waals surface area contributed by atoms with E-state index in [0.29, 0.717) is 0 Å². The number of carbonyl (C=O) groups excluding carboxylic acids is 3. The fourth-order valence-electron chi connectivity index (χ4n) is 1.99. The van der Waals surface area contributed by atoms with Gasteiger partial charge in [0, 0.05) is 37.2 Å². The molecule has 0 bridgehead atoms. The third-order valence-electron chi connectivity index (χ3n) is 3.30. The highest BCUT2D eigenvalue weighted by molar-refractivity contribution is 5.72. The van der Waals surface area contributed by atoms with Gasteiger partial charge in [-0.15, -0.1) is 0 Å². The van der Waals surface area contributed by atoms with Crippen LogP contribution in [0.4, 0.5) is 14.4 Å². The molecule has 0 saturated heterocycles. The largest absolute Gasteiger partial charge is 0.445 e. The van der Waals surface area contributed by atoms with Gasteiger partial charge in [-0.1, -0.05) is 0 Å². The van der Waals surface area contributed by atoms with E-state index in [4.69, 9.17) is 14.2 Å². The predicted molar refractivity (Wildman–Crippen MR) is 88.0 cm³/mol. The summed E-state index contributed by atoms with van der Waals surface area (Å²) in [6, 6.07) is 3.31. The molecule has 11 nitrogen and oxygen atoms in total. The van der Waals surface area contributed by atoms with Crippen molar-refractivity contribution < 1.29 is 28.6 Å². The normalized spacial score (nSPS) is 11.6. The van der Waals surface area contributed by atoms with E-state index in [1.165, 1.54) is 54.4 Å². The van der Waals surface area contributed by atoms with Crippen molar-refractivity contribution >= 4 is 18.3 Å². The van der Waals surface area contributed by atoms with Crippen molar-refractivity contribution in [2.45, 2.75) is 6.10 Å². The molecule has 3 aromatic heterocycles. The van der Waals surface area contributed by atoms with Crippen LogP contribution >= 0.6 is 0 Å². The quantitative estimate of drug-likeness (QED) is 0.619. The van der Waals surface area contributed by atoms with Crippen LogP contribution in [0, 0.1) is 0 Å². The molecule has 0 aromatic carbocycles. The predicted octanol–water partition coefficient (Wildman–Crippen LogP) is 1.60. The lowest BCUT2D eigenvalue weighted by atomic mass is 10.4. The van der Waals surface area contributed by atoms with Crippen molar-refractivity contribution in [2.24, 2.45) is 0 Å². The third kappa shape index (κ3) is 4.81. The molecule has 3 aromatic rings. The Balaban J connectivity index is 1.59. The number of carbonyl (C=O) groups is 3. The molecule has 3 rings (SSSR count). The van der Waals surface area contributed by atoms with E-state index in [9.17, 15) is 14.4 Å². The van der Waals surface area contributed by atoms with Crippen molar-refractivity contribution in [3.05, 3.63) is 62.0 Å². The summed E-state index contributed by atoms with van der Waals surface area (Å²) in [6.07, 6.45) is 7.99. The van der Waals surface area contributed by atoms with Gasteiger partial charge in [-0.25, -0.2) is 33.5 Å². The number of rotatable bonds is 5. The second-order valence-electron chi connectivity index (χ2n) is 5.19. The summed E-state index contributed by atoms with van der Waals surface area (Å²) >= 11 is 0. The van der Waals surface area contributed by atoms with Crippen molar-refractivity contribution in [3.63, 3.8) is 0 Å². The number of imidazole rings is 2. The number of nitrogens with zero attached hydrogens (tertiary/aromatic N) is 5. The molecular formula is C16H15N5O6. The number of hydrogen-bond acceptors (Lipinski definition) is 8. The van der Waals surface area contributed by atoms with Gasteiger partial charge in [0.25, 0.3) is 0 Å². The second-order valence-corrected chi connectivity index (χ2v) is 5.19. The molecule has 27 heavy (non-hydrogen) atoms. The van der Waals surface area contributed by atoms with Crippen molar-refractivity contribution in [1.82, 2.24) is 23.7 Å². The van der Waals surface area contributed by atoms with E-state index < -0.39 is 24.4 Å². The molecule has 0 saturated carbocycles. The zero-order valence-corrected chi connectivity index (χ0v) is 14.0. The minimum absolute atomic E-state index is 0.311. The fourth-order valence-corrected chi connectivity index (χ4v) is 1.99. The van der Waals surface area contributed by atoms with Gasteiger partial charge in [0.2, 0.25) is 0 Å². The Labute approximate surface area is 152 Å². The average Bonchev–Trinajstić information content (AvgIpc) is 3.45. The van der Waals surface area contributed by atoms with E-state index in [1.54, 1.807) is 12.1 Å². The highest BCUT2D eigenvalue weighted by Gasteiger charge is 2.21. The molecule has 0 aliphatic heterocycles. The topological polar surface area (TPSA) is 119 Å². The maximum Gasteiger partial charge on any atom is 0.419 e. The lowest BCUT2D eigenvalue weighted by Crippen LogP contribution is -2.33. The first-order valence-electron chi connectivity index (χ1n) is 7.77. The van der Waals surface area contributed by atoms with Gasteiger partial charge in [0.15, 0.2) is 6.10 Å². The maximum atomic E-state index is 12.1. The number of ether oxygens (including phenoxy) is 3. The zero-order valence-electron chi connectivity index (χ0n) is 14.0. The van der Waals surface area contributed by atoms with Crippen LogP contribution in [0.15, 0.2) is 62.0 Å². The monoisotopic (exact) mass is 373 g/mol. The Morgan fingerprint density at radius 2 is 1.26 bits per heavy atom. The molecule has 0 radical (unpaired) electrons. The molecule has 0 fully saturated rings. The molecule has 0 spiro atoms. The minimum Gasteiger partial charge on any atom is -0.445 e. The van der Waals surface area contributed by atoms with E-state index in [0.717, 1.165) is 9.13 Å². The molecule has 0 amide bonds. The SMILES string of the molecule is O=C(OCC(COC(=O)n1ccnc1)OC(=O)n1ccnc1)n1cccc1. The summed E-state index contributed by atoms with van der Waals surface area (Å²) in [4.78, 5) is 43.3. The zero-order chi connectivity index (χ0) is 19.1. The fraction of sp³-hybridized carbons (Fsp3) is 0.188. The average molecular weight is 373 g/mol. The third-order valence-corrected chi connectivity index (χ3v) is 3.30. The smallest absolute Gasteiger partial charge is 0.419 e. The summed E-state index contributed by atoms with van der Waals surface area (Å²) in [7, 11) is 0. The van der Waals surface area contributed by atoms with Crippen LogP contribution in [0.2, 0.25) is 0 Å². The van der Waals surface area contributed by atoms with Gasteiger partial charge in [-0.2, -0.15) is 0 Å². The summed E-state index contributed by atoms with van der Waals surface area (Å²) in [6.45, 7) is -0.634. The van der Waals surface area contributed by atoms with E-state index in [1.807, 2.05) is 0 Å². The Morgan fingerprint density at radius 1 is 0.741 bits per heavy atom. The van der Waals surface area contributed by atoms with Crippen molar-refractivity contribution in [1.29, 1.82) is 0 Å². The molecule has 0 aliphatic rings. The van der Waals surface area contributed by atoms with Gasteiger partial charge >= 0.3 is 18.3 Å². The molecule has 140 valence electrons. The van der Waals surface area contributed by atoms with Gasteiger partial charge in [0.1, 0.15) is 25.9 Å². The van der Waals surface area contributed by atoms with E-state index in [-0.39, 0.29) is 13.2 Å². The van der Waals surface area contributed by atoms with Gasteiger partial charge in [-0.3, -0.25) is 4.57 Å². The summed E-state index contributed by atoms with van der Waals surface area (Å²) in [5.74, 6) is 0. The molecule has 1 unspecified atom stereocenters. The molecular weight excluding hydrogens is 358 g/mol. The Hall–Kier alpha value is -3.89. The molecule has 0 aliphatic carbocycles. The molecule has 1 atom stereocenters. The first-order valence-corrected chi connectivity index (χ1v) is 7.77. The van der Waals surface area contributed by atoms with Crippen LogP contribution in [0.5, 0.6) is 0 Å². The van der Waals surface area contributed by atoms with Crippen LogP contribution in [0.25, 0.3) is 0 Å². The Bertz CT molecular complexity index is 822. The maximum absolute atomic E-state index is 12.1. The summed E-state index contributed by atoms with van der Waals surface area (Å²) in [5, 5.41) is 0. The number of hydrogen-bond donors (Lipinski definition) is 0. The Morgan fingerprint density at radius 3 is 1.78 bits per heavy atom.